The molecule has 3 rings (SSSR count). The number of aromatic nitrogens is 3. The van der Waals surface area contributed by atoms with E-state index in [0.717, 1.165) is 5.69 Å². The largest absolute Gasteiger partial charge is 0.464 e. The average Bonchev–Trinajstić information content (AvgIpc) is 3.17. The van der Waals surface area contributed by atoms with Crippen molar-refractivity contribution in [3.8, 4) is 5.69 Å². The number of para-hydroxylation sites is 1. The van der Waals surface area contributed by atoms with Crippen molar-refractivity contribution in [3.63, 3.8) is 0 Å². The van der Waals surface area contributed by atoms with Crippen LogP contribution in [0, 0.1) is 13.8 Å². The van der Waals surface area contributed by atoms with Gasteiger partial charge in [0.05, 0.1) is 30.3 Å². The molecule has 0 fully saturated rings. The normalized spacial score (nSPS) is 10.5. The lowest BCUT2D eigenvalue weighted by Crippen LogP contribution is -2.13. The number of anilines is 1. The molecule has 0 saturated carbocycles. The van der Waals surface area contributed by atoms with Crippen LogP contribution in [0.3, 0.4) is 0 Å². The van der Waals surface area contributed by atoms with Crippen LogP contribution in [-0.2, 0) is 4.74 Å². The highest BCUT2D eigenvalue weighted by molar-refractivity contribution is 7.16. The van der Waals surface area contributed by atoms with Gasteiger partial charge < -0.3 is 4.74 Å². The SMILES string of the molecule is COC(=O)c1nc(NC(=O)c2cnn(-c3ccccc3)c2C)sc1C. The highest BCUT2D eigenvalue weighted by Gasteiger charge is 2.20. The van der Waals surface area contributed by atoms with Crippen molar-refractivity contribution >= 4 is 28.3 Å². The fourth-order valence-corrected chi connectivity index (χ4v) is 3.16. The number of methoxy groups -OCH3 is 1. The summed E-state index contributed by atoms with van der Waals surface area (Å²) in [5.74, 6) is -0.854. The molecule has 0 unspecified atom stereocenters. The van der Waals surface area contributed by atoms with Gasteiger partial charge in [0.2, 0.25) is 0 Å². The highest BCUT2D eigenvalue weighted by Crippen LogP contribution is 2.24. The molecule has 0 aliphatic heterocycles. The Balaban J connectivity index is 1.83. The van der Waals surface area contributed by atoms with Crippen molar-refractivity contribution < 1.29 is 14.3 Å². The first kappa shape index (κ1) is 16.8. The van der Waals surface area contributed by atoms with Gasteiger partial charge in [-0.3, -0.25) is 10.1 Å². The number of thiazole rings is 1. The predicted molar refractivity (Wildman–Crippen MR) is 94.4 cm³/mol. The minimum absolute atomic E-state index is 0.208. The van der Waals surface area contributed by atoms with Crippen molar-refractivity contribution in [2.24, 2.45) is 0 Å². The Morgan fingerprint density at radius 1 is 1.20 bits per heavy atom. The number of amides is 1. The monoisotopic (exact) mass is 356 g/mol. The number of ether oxygens (including phenoxy) is 1. The fourth-order valence-electron chi connectivity index (χ4n) is 2.36. The molecule has 0 bridgehead atoms. The van der Waals surface area contributed by atoms with Gasteiger partial charge in [0, 0.05) is 4.88 Å². The number of carbonyl (C=O) groups excluding carboxylic acids is 2. The summed E-state index contributed by atoms with van der Waals surface area (Å²) in [5, 5.41) is 7.33. The summed E-state index contributed by atoms with van der Waals surface area (Å²) in [4.78, 5) is 28.9. The third kappa shape index (κ3) is 3.29. The highest BCUT2D eigenvalue weighted by atomic mass is 32.1. The number of nitrogens with one attached hydrogen (secondary N) is 1. The summed E-state index contributed by atoms with van der Waals surface area (Å²) < 4.78 is 6.37. The molecule has 0 aliphatic rings. The van der Waals surface area contributed by atoms with Crippen LogP contribution in [0.4, 0.5) is 5.13 Å². The quantitative estimate of drug-likeness (QED) is 0.726. The molecular weight excluding hydrogens is 340 g/mol. The molecule has 8 heteroatoms. The van der Waals surface area contributed by atoms with E-state index >= 15 is 0 Å². The number of nitrogens with zero attached hydrogens (tertiary/aromatic N) is 3. The van der Waals surface area contributed by atoms with Gasteiger partial charge in [-0.15, -0.1) is 11.3 Å². The van der Waals surface area contributed by atoms with Gasteiger partial charge in [-0.1, -0.05) is 18.2 Å². The lowest BCUT2D eigenvalue weighted by Gasteiger charge is -2.05. The Labute approximate surface area is 148 Å². The molecule has 0 radical (unpaired) electrons. The smallest absolute Gasteiger partial charge is 0.357 e. The zero-order valence-corrected chi connectivity index (χ0v) is 14.8. The van der Waals surface area contributed by atoms with Gasteiger partial charge in [-0.25, -0.2) is 14.5 Å². The Hall–Kier alpha value is -3.00. The molecular formula is C17H16N4O3S. The second kappa shape index (κ2) is 6.86. The van der Waals surface area contributed by atoms with Crippen LogP contribution in [0.5, 0.6) is 0 Å². The topological polar surface area (TPSA) is 86.1 Å². The van der Waals surface area contributed by atoms with Crippen molar-refractivity contribution in [1.82, 2.24) is 14.8 Å². The first-order valence-electron chi connectivity index (χ1n) is 7.48. The number of esters is 1. The number of benzene rings is 1. The number of hydrogen-bond acceptors (Lipinski definition) is 6. The Kier molecular flexibility index (Phi) is 4.62. The summed E-state index contributed by atoms with van der Waals surface area (Å²) >= 11 is 1.22. The van der Waals surface area contributed by atoms with Crippen LogP contribution in [0.1, 0.15) is 31.4 Å². The molecule has 2 aromatic heterocycles. The van der Waals surface area contributed by atoms with E-state index in [-0.39, 0.29) is 11.6 Å². The molecule has 0 spiro atoms. The van der Waals surface area contributed by atoms with E-state index in [4.69, 9.17) is 0 Å². The minimum Gasteiger partial charge on any atom is -0.464 e. The molecule has 1 amide bonds. The zero-order chi connectivity index (χ0) is 18.0. The fraction of sp³-hybridized carbons (Fsp3) is 0.176. The Morgan fingerprint density at radius 2 is 1.92 bits per heavy atom. The van der Waals surface area contributed by atoms with Crippen LogP contribution in [0.2, 0.25) is 0 Å². The summed E-state index contributed by atoms with van der Waals surface area (Å²) in [6.45, 7) is 3.57. The van der Waals surface area contributed by atoms with Crippen molar-refractivity contribution in [1.29, 1.82) is 0 Å². The Bertz CT molecular complexity index is 931. The van der Waals surface area contributed by atoms with Crippen LogP contribution in [0.25, 0.3) is 5.69 Å². The molecule has 3 aromatic rings. The van der Waals surface area contributed by atoms with Crippen LogP contribution >= 0.6 is 11.3 Å². The maximum atomic E-state index is 12.5. The molecule has 1 N–H and O–H groups in total. The molecule has 128 valence electrons. The molecule has 1 aromatic carbocycles. The van der Waals surface area contributed by atoms with Crippen LogP contribution < -0.4 is 5.32 Å². The van der Waals surface area contributed by atoms with Gasteiger partial charge in [0.1, 0.15) is 0 Å². The number of hydrogen-bond donors (Lipinski definition) is 1. The predicted octanol–water partition coefficient (Wildman–Crippen LogP) is 2.98. The van der Waals surface area contributed by atoms with Crippen molar-refractivity contribution in [2.45, 2.75) is 13.8 Å². The lowest BCUT2D eigenvalue weighted by molar-refractivity contribution is 0.0594. The van der Waals surface area contributed by atoms with E-state index in [9.17, 15) is 9.59 Å². The van der Waals surface area contributed by atoms with E-state index in [1.165, 1.54) is 24.6 Å². The number of rotatable bonds is 4. The summed E-state index contributed by atoms with van der Waals surface area (Å²) in [6, 6.07) is 9.55. The third-order valence-electron chi connectivity index (χ3n) is 3.65. The first-order valence-corrected chi connectivity index (χ1v) is 8.30. The van der Waals surface area contributed by atoms with Gasteiger partial charge in [-0.05, 0) is 26.0 Å². The van der Waals surface area contributed by atoms with Crippen LogP contribution in [-0.4, -0.2) is 33.8 Å². The van der Waals surface area contributed by atoms with Gasteiger partial charge in [-0.2, -0.15) is 5.10 Å². The van der Waals surface area contributed by atoms with Crippen LogP contribution in [0.15, 0.2) is 36.5 Å². The van der Waals surface area contributed by atoms with E-state index in [1.807, 2.05) is 37.3 Å². The maximum Gasteiger partial charge on any atom is 0.357 e. The van der Waals surface area contributed by atoms with Crippen molar-refractivity contribution in [3.05, 3.63) is 58.4 Å². The number of carbonyl (C=O) groups is 2. The summed E-state index contributed by atoms with van der Waals surface area (Å²) in [7, 11) is 1.29. The molecule has 0 atom stereocenters. The second-order valence-corrected chi connectivity index (χ2v) is 6.46. The molecule has 25 heavy (non-hydrogen) atoms. The van der Waals surface area contributed by atoms with Crippen molar-refractivity contribution in [2.75, 3.05) is 12.4 Å². The molecule has 7 nitrogen and oxygen atoms in total. The van der Waals surface area contributed by atoms with Gasteiger partial charge in [0.25, 0.3) is 5.91 Å². The third-order valence-corrected chi connectivity index (χ3v) is 4.54. The maximum absolute atomic E-state index is 12.5. The minimum atomic E-state index is -0.526. The lowest BCUT2D eigenvalue weighted by atomic mass is 10.2. The standard InChI is InChI=1S/C17H16N4O3S/c1-10-13(9-18-21(10)12-7-5-4-6-8-12)15(22)20-17-19-14(11(2)25-17)16(23)24-3/h4-9H,1-3H3,(H,19,20,22). The summed E-state index contributed by atoms with van der Waals surface area (Å²) in [5.41, 5.74) is 2.23. The number of aryl methyl sites for hydroxylation is 1. The Morgan fingerprint density at radius 3 is 2.60 bits per heavy atom. The van der Waals surface area contributed by atoms with E-state index in [0.29, 0.717) is 21.3 Å². The second-order valence-electron chi connectivity index (χ2n) is 5.26. The van der Waals surface area contributed by atoms with E-state index in [2.05, 4.69) is 20.1 Å². The molecule has 0 aliphatic carbocycles. The van der Waals surface area contributed by atoms with Gasteiger partial charge >= 0.3 is 5.97 Å². The van der Waals surface area contributed by atoms with E-state index in [1.54, 1.807) is 11.6 Å². The van der Waals surface area contributed by atoms with E-state index < -0.39 is 5.97 Å². The average molecular weight is 356 g/mol. The summed E-state index contributed by atoms with van der Waals surface area (Å²) in [6.07, 6.45) is 1.51. The zero-order valence-electron chi connectivity index (χ0n) is 13.9. The first-order chi connectivity index (χ1) is 12.0. The van der Waals surface area contributed by atoms with Gasteiger partial charge in [0.15, 0.2) is 10.8 Å². The molecule has 2 heterocycles. The molecule has 0 saturated heterocycles.